The Kier molecular flexibility index (Phi) is 3.46. The van der Waals surface area contributed by atoms with Crippen LogP contribution in [-0.4, -0.2) is 4.98 Å². The van der Waals surface area contributed by atoms with E-state index in [9.17, 15) is 0 Å². The summed E-state index contributed by atoms with van der Waals surface area (Å²) in [5.41, 5.74) is 10.0. The van der Waals surface area contributed by atoms with Crippen molar-refractivity contribution in [1.82, 2.24) is 4.98 Å². The van der Waals surface area contributed by atoms with Crippen molar-refractivity contribution in [3.63, 3.8) is 0 Å². The van der Waals surface area contributed by atoms with Gasteiger partial charge < -0.3 is 11.1 Å². The maximum Gasteiger partial charge on any atom is 0.0752 e. The first-order valence-corrected chi connectivity index (χ1v) is 6.56. The van der Waals surface area contributed by atoms with Crippen molar-refractivity contribution >= 4 is 38.6 Å². The minimum Gasteiger partial charge on any atom is -0.396 e. The molecule has 0 amide bonds. The third-order valence-electron chi connectivity index (χ3n) is 2.35. The van der Waals surface area contributed by atoms with Crippen LogP contribution in [0.4, 0.5) is 11.4 Å². The molecule has 0 aromatic carbocycles. The second-order valence-electron chi connectivity index (χ2n) is 3.52. The van der Waals surface area contributed by atoms with Gasteiger partial charge in [-0.2, -0.15) is 11.3 Å². The van der Waals surface area contributed by atoms with Gasteiger partial charge in [-0.25, -0.2) is 0 Å². The topological polar surface area (TPSA) is 50.9 Å². The number of hydrogen-bond donors (Lipinski definition) is 2. The Balaban J connectivity index is 2.14. The molecule has 0 radical (unpaired) electrons. The molecule has 0 spiro atoms. The molecule has 2 heterocycles. The predicted octanol–water partition coefficient (Wildman–Crippen LogP) is 3.41. The van der Waals surface area contributed by atoms with Gasteiger partial charge >= 0.3 is 0 Å². The highest BCUT2D eigenvalue weighted by atomic mass is 79.9. The fourth-order valence-corrected chi connectivity index (χ4v) is 2.73. The molecule has 3 N–H and O–H groups in total. The first-order chi connectivity index (χ1) is 7.68. The highest BCUT2D eigenvalue weighted by Gasteiger charge is 2.05. The van der Waals surface area contributed by atoms with E-state index in [0.29, 0.717) is 5.69 Å². The van der Waals surface area contributed by atoms with Gasteiger partial charge in [0.2, 0.25) is 0 Å². The maximum atomic E-state index is 5.85. The molecule has 84 valence electrons. The molecule has 2 aromatic rings. The molecule has 3 nitrogen and oxygen atoms in total. The Labute approximate surface area is 107 Å². The summed E-state index contributed by atoms with van der Waals surface area (Å²) in [7, 11) is 0. The predicted molar refractivity (Wildman–Crippen MR) is 72.7 cm³/mol. The first kappa shape index (κ1) is 11.4. The van der Waals surface area contributed by atoms with Crippen molar-refractivity contribution in [1.29, 1.82) is 0 Å². The number of halogens is 1. The molecule has 0 unspecified atom stereocenters. The number of nitrogens with two attached hydrogens (primary N) is 1. The van der Waals surface area contributed by atoms with Crippen LogP contribution in [0.2, 0.25) is 0 Å². The lowest BCUT2D eigenvalue weighted by Gasteiger charge is -2.10. The zero-order valence-electron chi connectivity index (χ0n) is 8.83. The molecule has 16 heavy (non-hydrogen) atoms. The van der Waals surface area contributed by atoms with E-state index >= 15 is 0 Å². The number of rotatable bonds is 3. The normalized spacial score (nSPS) is 10.4. The van der Waals surface area contributed by atoms with Crippen LogP contribution in [0.25, 0.3) is 0 Å². The zero-order chi connectivity index (χ0) is 11.5. The molecule has 0 aliphatic heterocycles. The Bertz CT molecular complexity index is 475. The average Bonchev–Trinajstić information content (AvgIpc) is 2.64. The summed E-state index contributed by atoms with van der Waals surface area (Å²) >= 11 is 5.14. The third kappa shape index (κ3) is 2.36. The lowest BCUT2D eigenvalue weighted by atomic mass is 10.2. The van der Waals surface area contributed by atoms with Crippen LogP contribution < -0.4 is 11.1 Å². The van der Waals surface area contributed by atoms with Gasteiger partial charge in [0, 0.05) is 12.7 Å². The summed E-state index contributed by atoms with van der Waals surface area (Å²) in [5, 5.41) is 7.61. The van der Waals surface area contributed by atoms with E-state index in [1.54, 1.807) is 23.7 Å². The van der Waals surface area contributed by atoms with Crippen molar-refractivity contribution < 1.29 is 0 Å². The standard InChI is InChI=1S/C11H12BrN3S/c1-7-5-16-6-8(7)2-15-11-9(12)3-14-4-10(11)13/h3-6H,2,13H2,1H3,(H,14,15). The van der Waals surface area contributed by atoms with Crippen molar-refractivity contribution in [3.8, 4) is 0 Å². The minimum atomic E-state index is 0.655. The highest BCUT2D eigenvalue weighted by molar-refractivity contribution is 9.10. The number of nitrogens with one attached hydrogen (secondary N) is 1. The maximum absolute atomic E-state index is 5.85. The lowest BCUT2D eigenvalue weighted by Crippen LogP contribution is -2.03. The number of aryl methyl sites for hydroxylation is 1. The van der Waals surface area contributed by atoms with Crippen molar-refractivity contribution in [2.45, 2.75) is 13.5 Å². The number of anilines is 2. The monoisotopic (exact) mass is 297 g/mol. The zero-order valence-corrected chi connectivity index (χ0v) is 11.2. The number of thiophene rings is 1. The van der Waals surface area contributed by atoms with E-state index in [1.165, 1.54) is 11.1 Å². The van der Waals surface area contributed by atoms with Gasteiger partial charge in [0.25, 0.3) is 0 Å². The van der Waals surface area contributed by atoms with Gasteiger partial charge in [0.15, 0.2) is 0 Å². The molecule has 2 aromatic heterocycles. The fraction of sp³-hybridized carbons (Fsp3) is 0.182. The summed E-state index contributed by atoms with van der Waals surface area (Å²) in [6.45, 7) is 2.89. The molecular formula is C11H12BrN3S. The second-order valence-corrected chi connectivity index (χ2v) is 5.12. The Morgan fingerprint density at radius 3 is 2.88 bits per heavy atom. The Hall–Kier alpha value is -1.07. The molecular weight excluding hydrogens is 286 g/mol. The smallest absolute Gasteiger partial charge is 0.0752 e. The summed E-state index contributed by atoms with van der Waals surface area (Å²) in [6, 6.07) is 0. The molecule has 0 atom stereocenters. The van der Waals surface area contributed by atoms with E-state index in [2.05, 4.69) is 43.9 Å². The van der Waals surface area contributed by atoms with Crippen LogP contribution >= 0.6 is 27.3 Å². The SMILES string of the molecule is Cc1cscc1CNc1c(N)cncc1Br. The third-order valence-corrected chi connectivity index (χ3v) is 3.86. The fourth-order valence-electron chi connectivity index (χ4n) is 1.39. The van der Waals surface area contributed by atoms with Gasteiger partial charge in [-0.05, 0) is 44.7 Å². The number of nitrogens with zero attached hydrogens (tertiary/aromatic N) is 1. The van der Waals surface area contributed by atoms with E-state index in [4.69, 9.17) is 5.73 Å². The molecule has 0 saturated carbocycles. The quantitative estimate of drug-likeness (QED) is 0.913. The summed E-state index contributed by atoms with van der Waals surface area (Å²) in [4.78, 5) is 4.00. The van der Waals surface area contributed by atoms with Crippen LogP contribution in [0, 0.1) is 6.92 Å². The van der Waals surface area contributed by atoms with Gasteiger partial charge in [-0.15, -0.1) is 0 Å². The van der Waals surface area contributed by atoms with Crippen molar-refractivity contribution in [2.24, 2.45) is 0 Å². The van der Waals surface area contributed by atoms with Crippen LogP contribution in [-0.2, 0) is 6.54 Å². The molecule has 0 bridgehead atoms. The molecule has 0 aliphatic rings. The summed E-state index contributed by atoms with van der Waals surface area (Å²) in [5.74, 6) is 0. The molecule has 5 heteroatoms. The van der Waals surface area contributed by atoms with Crippen LogP contribution in [0.5, 0.6) is 0 Å². The number of pyridine rings is 1. The van der Waals surface area contributed by atoms with E-state index in [1.807, 2.05) is 0 Å². The number of aromatic nitrogens is 1. The summed E-state index contributed by atoms with van der Waals surface area (Å²) < 4.78 is 0.889. The van der Waals surface area contributed by atoms with Gasteiger partial charge in [0.05, 0.1) is 22.0 Å². The molecule has 0 saturated heterocycles. The molecule has 2 rings (SSSR count). The van der Waals surface area contributed by atoms with E-state index in [-0.39, 0.29) is 0 Å². The number of nitrogen functional groups attached to an aromatic ring is 1. The van der Waals surface area contributed by atoms with Crippen molar-refractivity contribution in [2.75, 3.05) is 11.1 Å². The van der Waals surface area contributed by atoms with E-state index in [0.717, 1.165) is 16.7 Å². The van der Waals surface area contributed by atoms with Crippen LogP contribution in [0.3, 0.4) is 0 Å². The first-order valence-electron chi connectivity index (χ1n) is 4.83. The van der Waals surface area contributed by atoms with E-state index < -0.39 is 0 Å². The highest BCUT2D eigenvalue weighted by Crippen LogP contribution is 2.28. The van der Waals surface area contributed by atoms with Crippen LogP contribution in [0.15, 0.2) is 27.6 Å². The van der Waals surface area contributed by atoms with Gasteiger partial charge in [0.1, 0.15) is 0 Å². The largest absolute Gasteiger partial charge is 0.396 e. The lowest BCUT2D eigenvalue weighted by molar-refractivity contribution is 1.13. The second kappa shape index (κ2) is 4.84. The van der Waals surface area contributed by atoms with Crippen molar-refractivity contribution in [3.05, 3.63) is 38.8 Å². The molecule has 0 aliphatic carbocycles. The summed E-state index contributed by atoms with van der Waals surface area (Å²) in [6.07, 6.45) is 3.38. The Morgan fingerprint density at radius 2 is 2.25 bits per heavy atom. The minimum absolute atomic E-state index is 0.655. The van der Waals surface area contributed by atoms with Gasteiger partial charge in [-0.3, -0.25) is 4.98 Å². The number of hydrogen-bond acceptors (Lipinski definition) is 4. The Morgan fingerprint density at radius 1 is 1.44 bits per heavy atom. The van der Waals surface area contributed by atoms with Gasteiger partial charge in [-0.1, -0.05) is 0 Å². The molecule has 0 fully saturated rings. The average molecular weight is 298 g/mol. The van der Waals surface area contributed by atoms with Crippen LogP contribution in [0.1, 0.15) is 11.1 Å².